The predicted octanol–water partition coefficient (Wildman–Crippen LogP) is -0.924. The summed E-state index contributed by atoms with van der Waals surface area (Å²) in [7, 11) is 0. The third kappa shape index (κ3) is 1.42. The Bertz CT molecular complexity index is 745. The molecule has 2 heterocycles. The quantitative estimate of drug-likeness (QED) is 0.299. The summed E-state index contributed by atoms with van der Waals surface area (Å²) in [6.07, 6.45) is -0.869. The highest BCUT2D eigenvalue weighted by Crippen LogP contribution is 2.75. The summed E-state index contributed by atoms with van der Waals surface area (Å²) in [6.45, 7) is 6.58. The van der Waals surface area contributed by atoms with Crippen molar-refractivity contribution in [1.82, 2.24) is 0 Å². The molecular formula is C20H30O7. The Hall–Kier alpha value is -0.540. The third-order valence-corrected chi connectivity index (χ3v) is 9.28. The zero-order valence-corrected chi connectivity index (χ0v) is 16.1. The van der Waals surface area contributed by atoms with Crippen LogP contribution in [0.15, 0.2) is 12.2 Å². The van der Waals surface area contributed by atoms with E-state index in [-0.39, 0.29) is 0 Å². The number of ether oxygens (including phenoxy) is 1. The number of aliphatic hydroxyl groups is 6. The summed E-state index contributed by atoms with van der Waals surface area (Å²) in [5.74, 6) is -1.26. The maximum atomic E-state index is 11.8. The van der Waals surface area contributed by atoms with Crippen LogP contribution in [0.1, 0.15) is 40.5 Å². The highest BCUT2D eigenvalue weighted by atomic mass is 16.6. The molecule has 2 saturated heterocycles. The van der Waals surface area contributed by atoms with Gasteiger partial charge in [0.2, 0.25) is 0 Å². The Morgan fingerprint density at radius 1 is 0.889 bits per heavy atom. The predicted molar refractivity (Wildman–Crippen MR) is 93.4 cm³/mol. The Labute approximate surface area is 158 Å². The van der Waals surface area contributed by atoms with Crippen LogP contribution in [0.2, 0.25) is 0 Å². The molecule has 5 rings (SSSR count). The van der Waals surface area contributed by atoms with Crippen LogP contribution in [-0.4, -0.2) is 77.5 Å². The molecule has 152 valence electrons. The number of rotatable bonds is 0. The van der Waals surface area contributed by atoms with Crippen molar-refractivity contribution < 1.29 is 35.4 Å². The molecule has 0 amide bonds. The monoisotopic (exact) mass is 382 g/mol. The fourth-order valence-electron chi connectivity index (χ4n) is 7.85. The molecule has 2 saturated carbocycles. The number of aliphatic hydroxyl groups excluding tert-OH is 3. The zero-order valence-electron chi connectivity index (χ0n) is 16.1. The van der Waals surface area contributed by atoms with Crippen LogP contribution in [-0.2, 0) is 4.74 Å². The minimum atomic E-state index is -1.83. The molecule has 5 aliphatic rings. The van der Waals surface area contributed by atoms with Crippen LogP contribution in [0.25, 0.3) is 0 Å². The molecule has 2 aliphatic heterocycles. The van der Waals surface area contributed by atoms with E-state index in [4.69, 9.17) is 4.74 Å². The minimum Gasteiger partial charge on any atom is -0.392 e. The second-order valence-electron chi connectivity index (χ2n) is 10.5. The van der Waals surface area contributed by atoms with E-state index in [1.165, 1.54) is 6.92 Å². The Morgan fingerprint density at radius 2 is 1.52 bits per heavy atom. The molecule has 0 radical (unpaired) electrons. The molecule has 6 N–H and O–H groups in total. The van der Waals surface area contributed by atoms with Crippen LogP contribution < -0.4 is 0 Å². The van der Waals surface area contributed by atoms with E-state index in [1.807, 2.05) is 0 Å². The Morgan fingerprint density at radius 3 is 2.15 bits per heavy atom. The molecule has 11 atom stereocenters. The highest BCUT2D eigenvalue weighted by Gasteiger charge is 2.89. The minimum absolute atomic E-state index is 0.429. The van der Waals surface area contributed by atoms with Gasteiger partial charge in [-0.25, -0.2) is 0 Å². The largest absolute Gasteiger partial charge is 0.392 e. The van der Waals surface area contributed by atoms with Gasteiger partial charge in [0.05, 0.1) is 29.3 Å². The molecule has 0 aromatic heterocycles. The molecular weight excluding hydrogens is 352 g/mol. The number of hydrogen-bond donors (Lipinski definition) is 6. The first-order valence-electron chi connectivity index (χ1n) is 9.84. The first kappa shape index (κ1) is 18.5. The van der Waals surface area contributed by atoms with E-state index in [0.29, 0.717) is 12.8 Å². The molecule has 0 aromatic carbocycles. The van der Waals surface area contributed by atoms with Gasteiger partial charge in [-0.2, -0.15) is 0 Å². The van der Waals surface area contributed by atoms with Gasteiger partial charge in [-0.05, 0) is 26.7 Å². The van der Waals surface area contributed by atoms with E-state index in [0.717, 1.165) is 0 Å². The van der Waals surface area contributed by atoms with E-state index >= 15 is 0 Å². The van der Waals surface area contributed by atoms with Crippen molar-refractivity contribution in [2.45, 2.75) is 87.4 Å². The molecule has 27 heavy (non-hydrogen) atoms. The average Bonchev–Trinajstić information content (AvgIpc) is 2.95. The molecule has 4 bridgehead atoms. The van der Waals surface area contributed by atoms with E-state index in [9.17, 15) is 30.6 Å². The summed E-state index contributed by atoms with van der Waals surface area (Å²) < 4.78 is 6.23. The first-order chi connectivity index (χ1) is 12.2. The van der Waals surface area contributed by atoms with Gasteiger partial charge in [-0.3, -0.25) is 0 Å². The standard InChI is InChI=1S/C20H30O7/c1-15(2)7-8-18-17(4,25)10-6-5-9-11(21)19(10,14(23)16(9,3)24)13(27-18)12(22)20(15,18)26/h7-14,21-26H,5-6H2,1-4H3/t9-,10+,11-,12-,13-,14+,16+,17-,18-,19+,20+/m1/s1. The molecule has 0 unspecified atom stereocenters. The molecule has 7 heteroatoms. The van der Waals surface area contributed by atoms with Gasteiger partial charge in [-0.1, -0.05) is 26.0 Å². The Kier molecular flexibility index (Phi) is 3.05. The fraction of sp³-hybridized carbons (Fsp3) is 0.900. The van der Waals surface area contributed by atoms with Crippen molar-refractivity contribution in [2.24, 2.45) is 22.7 Å². The smallest absolute Gasteiger partial charge is 0.147 e. The van der Waals surface area contributed by atoms with Crippen LogP contribution in [0, 0.1) is 22.7 Å². The van der Waals surface area contributed by atoms with Gasteiger partial charge in [0.25, 0.3) is 0 Å². The lowest BCUT2D eigenvalue weighted by Crippen LogP contribution is -2.74. The van der Waals surface area contributed by atoms with Gasteiger partial charge in [0.15, 0.2) is 0 Å². The maximum Gasteiger partial charge on any atom is 0.147 e. The summed E-state index contributed by atoms with van der Waals surface area (Å²) >= 11 is 0. The number of fused-ring (bicyclic) bond motifs is 2. The van der Waals surface area contributed by atoms with Crippen molar-refractivity contribution in [1.29, 1.82) is 0 Å². The van der Waals surface area contributed by atoms with Gasteiger partial charge in [0.1, 0.15) is 22.9 Å². The molecule has 2 spiro atoms. The van der Waals surface area contributed by atoms with Crippen molar-refractivity contribution in [3.63, 3.8) is 0 Å². The SMILES string of the molecule is CC1(C)C=C[C@]23O[C@H]([C@@H](O)[C@]12O)[C@@]12[C@H](O)[C@@H](CC[C@H]1[C@@]3(C)O)[C@](C)(O)[C@@H]2O. The average molecular weight is 382 g/mol. The molecule has 0 aromatic rings. The summed E-state index contributed by atoms with van der Waals surface area (Å²) in [4.78, 5) is 0. The van der Waals surface area contributed by atoms with E-state index in [2.05, 4.69) is 0 Å². The second-order valence-corrected chi connectivity index (χ2v) is 10.5. The van der Waals surface area contributed by atoms with Crippen LogP contribution in [0.4, 0.5) is 0 Å². The maximum absolute atomic E-state index is 11.8. The van der Waals surface area contributed by atoms with Gasteiger partial charge in [0, 0.05) is 17.3 Å². The summed E-state index contributed by atoms with van der Waals surface area (Å²) in [5.41, 5.74) is -9.00. The third-order valence-electron chi connectivity index (χ3n) is 9.28. The fourth-order valence-corrected chi connectivity index (χ4v) is 7.85. The molecule has 7 nitrogen and oxygen atoms in total. The van der Waals surface area contributed by atoms with E-state index in [1.54, 1.807) is 32.9 Å². The van der Waals surface area contributed by atoms with Crippen LogP contribution >= 0.6 is 0 Å². The van der Waals surface area contributed by atoms with E-state index < -0.39 is 69.5 Å². The topological polar surface area (TPSA) is 131 Å². The lowest BCUT2D eigenvalue weighted by atomic mass is 9.53. The summed E-state index contributed by atoms with van der Waals surface area (Å²) in [5, 5.41) is 68.3. The van der Waals surface area contributed by atoms with Gasteiger partial charge < -0.3 is 35.4 Å². The van der Waals surface area contributed by atoms with Crippen LogP contribution in [0.3, 0.4) is 0 Å². The van der Waals surface area contributed by atoms with Crippen molar-refractivity contribution in [2.75, 3.05) is 0 Å². The Balaban J connectivity index is 1.81. The lowest BCUT2D eigenvalue weighted by Gasteiger charge is -2.61. The van der Waals surface area contributed by atoms with Crippen molar-refractivity contribution >= 4 is 0 Å². The highest BCUT2D eigenvalue weighted by molar-refractivity contribution is 5.45. The van der Waals surface area contributed by atoms with Crippen molar-refractivity contribution in [3.8, 4) is 0 Å². The van der Waals surface area contributed by atoms with Crippen LogP contribution in [0.5, 0.6) is 0 Å². The normalized spacial score (nSPS) is 68.1. The second kappa shape index (κ2) is 4.46. The number of hydrogen-bond acceptors (Lipinski definition) is 7. The van der Waals surface area contributed by atoms with Gasteiger partial charge >= 0.3 is 0 Å². The van der Waals surface area contributed by atoms with Crippen molar-refractivity contribution in [3.05, 3.63) is 12.2 Å². The summed E-state index contributed by atoms with van der Waals surface area (Å²) in [6, 6.07) is 0. The zero-order chi connectivity index (χ0) is 20.0. The lowest BCUT2D eigenvalue weighted by molar-refractivity contribution is -0.323. The van der Waals surface area contributed by atoms with Gasteiger partial charge in [-0.15, -0.1) is 0 Å². The molecule has 4 fully saturated rings. The first-order valence-corrected chi connectivity index (χ1v) is 9.84. The molecule has 3 aliphatic carbocycles.